The lowest BCUT2D eigenvalue weighted by Gasteiger charge is -2.32. The van der Waals surface area contributed by atoms with Gasteiger partial charge in [0.1, 0.15) is 38.1 Å². The van der Waals surface area contributed by atoms with E-state index in [0.29, 0.717) is 11.5 Å². The summed E-state index contributed by atoms with van der Waals surface area (Å²) in [6, 6.07) is 14.8. The van der Waals surface area contributed by atoms with Crippen molar-refractivity contribution >= 4 is 28.5 Å². The van der Waals surface area contributed by atoms with Gasteiger partial charge in [0.05, 0.1) is 15.7 Å². The number of alkyl halides is 2. The van der Waals surface area contributed by atoms with Gasteiger partial charge in [0.25, 0.3) is 0 Å². The molecule has 30 heavy (non-hydrogen) atoms. The van der Waals surface area contributed by atoms with Gasteiger partial charge in [-0.2, -0.15) is 0 Å². The highest BCUT2D eigenvalue weighted by Crippen LogP contribution is 2.37. The average Bonchev–Trinajstić information content (AvgIpc) is 2.93. The van der Waals surface area contributed by atoms with E-state index in [1.165, 1.54) is 0 Å². The van der Waals surface area contributed by atoms with Crippen LogP contribution in [0.25, 0.3) is 0 Å². The fraction of sp³-hybridized carbons (Fsp3) is 0.455. The van der Waals surface area contributed by atoms with Gasteiger partial charge in [-0.25, -0.2) is 8.78 Å². The van der Waals surface area contributed by atoms with E-state index in [1.807, 2.05) is 64.1 Å². The maximum absolute atomic E-state index is 12.2. The zero-order chi connectivity index (χ0) is 22.2. The van der Waals surface area contributed by atoms with Crippen LogP contribution < -0.4 is 14.9 Å². The molecular weight excluding hydrogens is 457 g/mol. The van der Waals surface area contributed by atoms with Gasteiger partial charge >= 0.3 is 7.12 Å². The topological polar surface area (TPSA) is 36.9 Å². The highest BCUT2D eigenvalue weighted by molar-refractivity contribution is 9.10. The van der Waals surface area contributed by atoms with Gasteiger partial charge in [0, 0.05) is 5.46 Å². The minimum Gasteiger partial charge on any atom is -0.491 e. The van der Waals surface area contributed by atoms with Crippen LogP contribution in [-0.2, 0) is 9.31 Å². The van der Waals surface area contributed by atoms with Crippen LogP contribution in [0.5, 0.6) is 11.5 Å². The number of para-hydroxylation sites is 2. The molecule has 0 amide bonds. The van der Waals surface area contributed by atoms with Crippen molar-refractivity contribution in [3.05, 3.63) is 53.0 Å². The Morgan fingerprint density at radius 1 is 0.800 bits per heavy atom. The minimum atomic E-state index is -0.516. The Kier molecular flexibility index (Phi) is 9.13. The van der Waals surface area contributed by atoms with Crippen molar-refractivity contribution in [2.45, 2.75) is 38.9 Å². The molecule has 164 valence electrons. The first-order valence-corrected chi connectivity index (χ1v) is 10.6. The van der Waals surface area contributed by atoms with Gasteiger partial charge in [-0.05, 0) is 61.8 Å². The molecule has 2 aromatic carbocycles. The second-order valence-electron chi connectivity index (χ2n) is 7.63. The second-order valence-corrected chi connectivity index (χ2v) is 8.49. The number of hydrogen-bond acceptors (Lipinski definition) is 4. The molecule has 1 heterocycles. The highest BCUT2D eigenvalue weighted by atomic mass is 79.9. The maximum atomic E-state index is 12.2. The Balaban J connectivity index is 0.000000248. The first-order chi connectivity index (χ1) is 14.2. The van der Waals surface area contributed by atoms with Gasteiger partial charge in [-0.1, -0.05) is 30.3 Å². The van der Waals surface area contributed by atoms with Crippen LogP contribution in [0.2, 0.25) is 0 Å². The summed E-state index contributed by atoms with van der Waals surface area (Å²) in [4.78, 5) is 0. The summed E-state index contributed by atoms with van der Waals surface area (Å²) in [6.07, 6.45) is 0. The molecule has 0 atom stereocenters. The first-order valence-electron chi connectivity index (χ1n) is 9.78. The highest BCUT2D eigenvalue weighted by Gasteiger charge is 2.52. The summed E-state index contributed by atoms with van der Waals surface area (Å²) in [5.74, 6) is 1.30. The van der Waals surface area contributed by atoms with Crippen LogP contribution in [0.1, 0.15) is 27.7 Å². The van der Waals surface area contributed by atoms with Crippen molar-refractivity contribution in [2.75, 3.05) is 26.6 Å². The molecule has 0 unspecified atom stereocenters. The van der Waals surface area contributed by atoms with Crippen molar-refractivity contribution in [3.63, 3.8) is 0 Å². The van der Waals surface area contributed by atoms with Crippen molar-refractivity contribution in [1.82, 2.24) is 0 Å². The van der Waals surface area contributed by atoms with E-state index in [9.17, 15) is 8.78 Å². The van der Waals surface area contributed by atoms with Gasteiger partial charge in [0.2, 0.25) is 0 Å². The Bertz CT molecular complexity index is 788. The minimum absolute atomic E-state index is 0.0382. The van der Waals surface area contributed by atoms with Crippen LogP contribution in [0, 0.1) is 0 Å². The molecule has 0 bridgehead atoms. The van der Waals surface area contributed by atoms with E-state index in [4.69, 9.17) is 18.8 Å². The van der Waals surface area contributed by atoms with Crippen molar-refractivity contribution in [3.8, 4) is 11.5 Å². The molecule has 0 N–H and O–H groups in total. The predicted molar refractivity (Wildman–Crippen MR) is 119 cm³/mol. The zero-order valence-electron chi connectivity index (χ0n) is 17.8. The molecule has 0 saturated carbocycles. The van der Waals surface area contributed by atoms with Gasteiger partial charge in [-0.15, -0.1) is 0 Å². The third-order valence-corrected chi connectivity index (χ3v) is 5.59. The van der Waals surface area contributed by atoms with E-state index in [2.05, 4.69) is 15.9 Å². The summed E-state index contributed by atoms with van der Waals surface area (Å²) in [5, 5.41) is 0. The van der Waals surface area contributed by atoms with E-state index in [1.54, 1.807) is 12.1 Å². The van der Waals surface area contributed by atoms with Gasteiger partial charge in [-0.3, -0.25) is 0 Å². The van der Waals surface area contributed by atoms with E-state index < -0.39 is 31.7 Å². The Hall–Kier alpha value is -1.64. The van der Waals surface area contributed by atoms with Crippen LogP contribution in [0.15, 0.2) is 53.0 Å². The number of rotatable bonds is 7. The lowest BCUT2D eigenvalue weighted by molar-refractivity contribution is 0.00578. The molecule has 0 aliphatic carbocycles. The summed E-state index contributed by atoms with van der Waals surface area (Å²) >= 11 is 3.28. The summed E-state index contributed by atoms with van der Waals surface area (Å²) in [7, 11) is -0.485. The maximum Gasteiger partial charge on any atom is 0.498 e. The number of hydrogen-bond donors (Lipinski definition) is 0. The third kappa shape index (κ3) is 6.43. The largest absolute Gasteiger partial charge is 0.498 e. The van der Waals surface area contributed by atoms with Gasteiger partial charge in [0.15, 0.2) is 0 Å². The van der Waals surface area contributed by atoms with Crippen LogP contribution >= 0.6 is 15.9 Å². The molecule has 1 aliphatic heterocycles. The fourth-order valence-electron chi connectivity index (χ4n) is 2.64. The van der Waals surface area contributed by atoms with Crippen molar-refractivity contribution in [2.24, 2.45) is 0 Å². The molecule has 3 rings (SSSR count). The van der Waals surface area contributed by atoms with E-state index in [-0.39, 0.29) is 13.2 Å². The van der Waals surface area contributed by atoms with Crippen LogP contribution in [-0.4, -0.2) is 44.9 Å². The zero-order valence-corrected chi connectivity index (χ0v) is 19.4. The number of benzene rings is 2. The smallest absolute Gasteiger partial charge is 0.491 e. The molecule has 4 nitrogen and oxygen atoms in total. The first kappa shape index (κ1) is 24.6. The van der Waals surface area contributed by atoms with Crippen molar-refractivity contribution < 1.29 is 27.6 Å². The Morgan fingerprint density at radius 2 is 1.27 bits per heavy atom. The molecule has 0 radical (unpaired) electrons. The van der Waals surface area contributed by atoms with Crippen LogP contribution in [0.3, 0.4) is 0 Å². The molecule has 0 aromatic heterocycles. The summed E-state index contributed by atoms with van der Waals surface area (Å²) in [6.45, 7) is 7.17. The number of halogens is 3. The predicted octanol–water partition coefficient (Wildman–Crippen LogP) is 5.13. The SMILES string of the molecule is CC1(C)OB(c2ccccc2OCCF)OC1(C)C.FCCOc1ccccc1Br. The van der Waals surface area contributed by atoms with Crippen LogP contribution in [0.4, 0.5) is 8.78 Å². The lowest BCUT2D eigenvalue weighted by Crippen LogP contribution is -2.41. The third-order valence-electron chi connectivity index (χ3n) is 4.93. The molecular formula is C22H28BBrF2O4. The molecule has 1 fully saturated rings. The molecule has 2 aromatic rings. The quantitative estimate of drug-likeness (QED) is 0.510. The molecule has 0 spiro atoms. The molecule has 1 aliphatic rings. The number of ether oxygens (including phenoxy) is 2. The standard InChI is InChI=1S/C14H20BFO3.C8H8BrFO/c1-13(2)14(3,4)19-15(18-13)11-7-5-6-8-12(11)17-10-9-16;9-7-3-1-2-4-8(7)11-6-5-10/h5-8H,9-10H2,1-4H3;1-4H,5-6H2. The average molecular weight is 485 g/mol. The molecule has 1 saturated heterocycles. The Morgan fingerprint density at radius 3 is 1.80 bits per heavy atom. The normalized spacial score (nSPS) is 16.6. The lowest BCUT2D eigenvalue weighted by atomic mass is 9.78. The monoisotopic (exact) mass is 484 g/mol. The van der Waals surface area contributed by atoms with E-state index in [0.717, 1.165) is 9.94 Å². The second kappa shape index (κ2) is 11.1. The summed E-state index contributed by atoms with van der Waals surface area (Å²) in [5.41, 5.74) is 0.00466. The Labute approximate surface area is 186 Å². The van der Waals surface area contributed by atoms with Crippen molar-refractivity contribution in [1.29, 1.82) is 0 Å². The van der Waals surface area contributed by atoms with E-state index >= 15 is 0 Å². The summed E-state index contributed by atoms with van der Waals surface area (Å²) < 4.78 is 47.2. The fourth-order valence-corrected chi connectivity index (χ4v) is 3.03. The molecule has 8 heteroatoms. The van der Waals surface area contributed by atoms with Gasteiger partial charge < -0.3 is 18.8 Å².